The maximum absolute atomic E-state index is 12.8. The molecule has 9 nitrogen and oxygen atoms in total. The van der Waals surface area contributed by atoms with E-state index in [-0.39, 0.29) is 29.2 Å². The highest BCUT2D eigenvalue weighted by Crippen LogP contribution is 2.32. The minimum atomic E-state index is -1.65. The van der Waals surface area contributed by atoms with E-state index in [1.807, 2.05) is 0 Å². The van der Waals surface area contributed by atoms with Gasteiger partial charge in [0.2, 0.25) is 6.29 Å². The molecular formula is C21H24O9. The third kappa shape index (κ3) is 4.72. The molecule has 0 aromatic heterocycles. The van der Waals surface area contributed by atoms with E-state index in [0.717, 1.165) is 5.56 Å². The molecule has 0 saturated carbocycles. The molecule has 9 heteroatoms. The summed E-state index contributed by atoms with van der Waals surface area (Å²) in [6.07, 6.45) is -7.08. The van der Waals surface area contributed by atoms with Crippen LogP contribution in [0.2, 0.25) is 0 Å². The number of benzene rings is 2. The molecule has 2 unspecified atom stereocenters. The highest BCUT2D eigenvalue weighted by molar-refractivity contribution is 6.01. The van der Waals surface area contributed by atoms with Crippen LogP contribution < -0.4 is 4.74 Å². The van der Waals surface area contributed by atoms with Gasteiger partial charge in [0.25, 0.3) is 0 Å². The summed E-state index contributed by atoms with van der Waals surface area (Å²) in [5, 5.41) is 58.8. The topological polar surface area (TPSA) is 157 Å². The fourth-order valence-electron chi connectivity index (χ4n) is 3.23. The molecule has 5 atom stereocenters. The summed E-state index contributed by atoms with van der Waals surface area (Å²) in [5.74, 6) is -0.718. The van der Waals surface area contributed by atoms with Gasteiger partial charge in [-0.2, -0.15) is 0 Å². The average molecular weight is 420 g/mol. The van der Waals surface area contributed by atoms with Gasteiger partial charge in [-0.15, -0.1) is 0 Å². The zero-order chi connectivity index (χ0) is 21.8. The monoisotopic (exact) mass is 420 g/mol. The highest BCUT2D eigenvalue weighted by Gasteiger charge is 2.45. The van der Waals surface area contributed by atoms with E-state index in [4.69, 9.17) is 9.47 Å². The number of carbonyl (C=O) groups excluding carboxylic acids is 1. The van der Waals surface area contributed by atoms with Crippen molar-refractivity contribution in [1.29, 1.82) is 0 Å². The number of hydrogen-bond acceptors (Lipinski definition) is 9. The Morgan fingerprint density at radius 1 is 0.967 bits per heavy atom. The lowest BCUT2D eigenvalue weighted by Gasteiger charge is -2.39. The summed E-state index contributed by atoms with van der Waals surface area (Å²) in [6.45, 7) is -0.622. The van der Waals surface area contributed by atoms with Gasteiger partial charge in [-0.25, -0.2) is 0 Å². The second kappa shape index (κ2) is 9.41. The molecule has 1 aliphatic heterocycles. The lowest BCUT2D eigenvalue weighted by molar-refractivity contribution is -0.277. The Bertz CT molecular complexity index is 865. The van der Waals surface area contributed by atoms with Crippen molar-refractivity contribution >= 4 is 5.78 Å². The standard InChI is InChI=1S/C21H24O9/c22-10-16-18(26)19(27)20(28)21(30-16)29-15-3-1-2-13(24)17(15)14(25)9-6-11-4-7-12(23)8-5-11/h1-5,7-8,16,18-24,26-28H,6,9-10H2/t16?,18-,19+,20?,21-/m1/s1. The normalized spacial score (nSPS) is 26.3. The smallest absolute Gasteiger partial charge is 0.229 e. The average Bonchev–Trinajstić information content (AvgIpc) is 2.73. The summed E-state index contributed by atoms with van der Waals surface area (Å²) in [7, 11) is 0. The van der Waals surface area contributed by atoms with E-state index >= 15 is 0 Å². The number of Topliss-reactive ketones (excluding diaryl/α,β-unsaturated/α-hetero) is 1. The number of phenols is 2. The Morgan fingerprint density at radius 3 is 2.33 bits per heavy atom. The summed E-state index contributed by atoms with van der Waals surface area (Å²) >= 11 is 0. The molecule has 1 heterocycles. The lowest BCUT2D eigenvalue weighted by Crippen LogP contribution is -2.60. The number of aliphatic hydroxyl groups excluding tert-OH is 4. The zero-order valence-corrected chi connectivity index (χ0v) is 16.0. The van der Waals surface area contributed by atoms with Crippen LogP contribution in [0.25, 0.3) is 0 Å². The first-order valence-corrected chi connectivity index (χ1v) is 9.42. The van der Waals surface area contributed by atoms with Crippen LogP contribution >= 0.6 is 0 Å². The van der Waals surface area contributed by atoms with Crippen molar-refractivity contribution in [3.8, 4) is 17.2 Å². The highest BCUT2D eigenvalue weighted by atomic mass is 16.7. The number of hydrogen-bond donors (Lipinski definition) is 6. The van der Waals surface area contributed by atoms with Gasteiger partial charge in [-0.05, 0) is 36.2 Å². The number of aryl methyl sites for hydroxylation is 1. The van der Waals surface area contributed by atoms with Crippen molar-refractivity contribution < 1.29 is 44.9 Å². The predicted octanol–water partition coefficient (Wildman–Crippen LogP) is 0.0920. The van der Waals surface area contributed by atoms with Crippen LogP contribution in [-0.4, -0.2) is 73.7 Å². The zero-order valence-electron chi connectivity index (χ0n) is 16.0. The van der Waals surface area contributed by atoms with E-state index in [1.54, 1.807) is 12.1 Å². The van der Waals surface area contributed by atoms with E-state index in [2.05, 4.69) is 0 Å². The van der Waals surface area contributed by atoms with Crippen LogP contribution in [0.3, 0.4) is 0 Å². The second-order valence-electron chi connectivity index (χ2n) is 7.06. The van der Waals surface area contributed by atoms with E-state index in [1.165, 1.54) is 30.3 Å². The lowest BCUT2D eigenvalue weighted by atomic mass is 9.99. The van der Waals surface area contributed by atoms with Crippen molar-refractivity contribution in [2.75, 3.05) is 6.61 Å². The number of aromatic hydroxyl groups is 2. The summed E-state index contributed by atoms with van der Waals surface area (Å²) < 4.78 is 10.9. The maximum Gasteiger partial charge on any atom is 0.229 e. The minimum absolute atomic E-state index is 0.0351. The molecule has 30 heavy (non-hydrogen) atoms. The molecule has 162 valence electrons. The molecule has 1 aliphatic rings. The fraction of sp³-hybridized carbons (Fsp3) is 0.381. The number of rotatable bonds is 7. The Morgan fingerprint density at radius 2 is 1.67 bits per heavy atom. The first-order valence-electron chi connectivity index (χ1n) is 9.42. The molecule has 2 aromatic carbocycles. The van der Waals surface area contributed by atoms with Crippen LogP contribution in [0.1, 0.15) is 22.3 Å². The maximum atomic E-state index is 12.8. The second-order valence-corrected chi connectivity index (χ2v) is 7.06. The summed E-state index contributed by atoms with van der Waals surface area (Å²) in [6, 6.07) is 10.5. The van der Waals surface area contributed by atoms with Gasteiger partial charge in [0.1, 0.15) is 47.2 Å². The van der Waals surface area contributed by atoms with E-state index < -0.39 is 43.1 Å². The SMILES string of the molecule is O=C(CCc1ccc(O)cc1)c1c(O)cccc1O[C@@H]1OC(CO)[C@@H](O)[C@H](O)C1O. The number of aliphatic hydroxyl groups is 4. The van der Waals surface area contributed by atoms with Crippen molar-refractivity contribution in [2.24, 2.45) is 0 Å². The van der Waals surface area contributed by atoms with Gasteiger partial charge in [0, 0.05) is 6.42 Å². The number of ketones is 1. The van der Waals surface area contributed by atoms with Crippen LogP contribution in [0.4, 0.5) is 0 Å². The van der Waals surface area contributed by atoms with E-state index in [0.29, 0.717) is 6.42 Å². The molecule has 3 rings (SSSR count). The molecule has 0 radical (unpaired) electrons. The van der Waals surface area contributed by atoms with Gasteiger partial charge in [-0.1, -0.05) is 18.2 Å². The van der Waals surface area contributed by atoms with Crippen molar-refractivity contribution in [2.45, 2.75) is 43.5 Å². The van der Waals surface area contributed by atoms with Crippen LogP contribution in [0, 0.1) is 0 Å². The van der Waals surface area contributed by atoms with Crippen LogP contribution in [0.15, 0.2) is 42.5 Å². The van der Waals surface area contributed by atoms with Gasteiger partial charge < -0.3 is 40.1 Å². The predicted molar refractivity (Wildman–Crippen MR) is 103 cm³/mol. The third-order valence-electron chi connectivity index (χ3n) is 4.95. The number of ether oxygens (including phenoxy) is 2. The van der Waals surface area contributed by atoms with Crippen LogP contribution in [-0.2, 0) is 11.2 Å². The van der Waals surface area contributed by atoms with Gasteiger partial charge in [-0.3, -0.25) is 4.79 Å². The molecule has 0 spiro atoms. The van der Waals surface area contributed by atoms with Gasteiger partial charge in [0.15, 0.2) is 5.78 Å². The molecule has 0 amide bonds. The summed E-state index contributed by atoms with van der Waals surface area (Å²) in [4.78, 5) is 12.8. The molecule has 0 aliphatic carbocycles. The van der Waals surface area contributed by atoms with Gasteiger partial charge in [0.05, 0.1) is 6.61 Å². The molecule has 0 bridgehead atoms. The van der Waals surface area contributed by atoms with Crippen molar-refractivity contribution in [3.63, 3.8) is 0 Å². The minimum Gasteiger partial charge on any atom is -0.508 e. The molecule has 1 saturated heterocycles. The third-order valence-corrected chi connectivity index (χ3v) is 4.95. The van der Waals surface area contributed by atoms with Crippen molar-refractivity contribution in [3.05, 3.63) is 53.6 Å². The first-order chi connectivity index (χ1) is 14.3. The Labute approximate surface area is 172 Å². The molecule has 2 aromatic rings. The molecular weight excluding hydrogens is 396 g/mol. The van der Waals surface area contributed by atoms with Crippen LogP contribution in [0.5, 0.6) is 17.2 Å². The quantitative estimate of drug-likeness (QED) is 0.342. The first kappa shape index (κ1) is 22.0. The fourth-order valence-corrected chi connectivity index (χ4v) is 3.23. The van der Waals surface area contributed by atoms with Crippen molar-refractivity contribution in [1.82, 2.24) is 0 Å². The largest absolute Gasteiger partial charge is 0.508 e. The Balaban J connectivity index is 1.77. The van der Waals surface area contributed by atoms with Gasteiger partial charge >= 0.3 is 0 Å². The Hall–Kier alpha value is -2.69. The molecule has 6 N–H and O–H groups in total. The summed E-state index contributed by atoms with van der Waals surface area (Å²) in [5.41, 5.74) is 0.696. The number of phenolic OH excluding ortho intramolecular Hbond substituents is 2. The van der Waals surface area contributed by atoms with E-state index in [9.17, 15) is 35.4 Å². The Kier molecular flexibility index (Phi) is 6.91. The molecule has 1 fully saturated rings. The number of carbonyl (C=O) groups is 1.